The Morgan fingerprint density at radius 1 is 1.33 bits per heavy atom. The highest BCUT2D eigenvalue weighted by molar-refractivity contribution is 9.13. The van der Waals surface area contributed by atoms with Crippen LogP contribution in [0.5, 0.6) is 5.75 Å². The van der Waals surface area contributed by atoms with Crippen molar-refractivity contribution in [2.45, 2.75) is 13.0 Å². The Labute approximate surface area is 145 Å². The average molecular weight is 433 g/mol. The van der Waals surface area contributed by atoms with Gasteiger partial charge < -0.3 is 9.64 Å². The molecule has 112 valence electrons. The van der Waals surface area contributed by atoms with E-state index in [0.29, 0.717) is 4.88 Å². The van der Waals surface area contributed by atoms with E-state index in [-0.39, 0.29) is 11.9 Å². The summed E-state index contributed by atoms with van der Waals surface area (Å²) < 4.78 is 7.19. The zero-order valence-electron chi connectivity index (χ0n) is 11.9. The number of amides is 1. The van der Waals surface area contributed by atoms with Crippen molar-refractivity contribution >= 4 is 49.1 Å². The fourth-order valence-electron chi connectivity index (χ4n) is 2.02. The summed E-state index contributed by atoms with van der Waals surface area (Å²) in [7, 11) is 3.45. The zero-order valence-corrected chi connectivity index (χ0v) is 15.9. The molecule has 2 aromatic rings. The van der Waals surface area contributed by atoms with Gasteiger partial charge in [-0.3, -0.25) is 4.79 Å². The van der Waals surface area contributed by atoms with Gasteiger partial charge in [-0.15, -0.1) is 11.3 Å². The number of benzene rings is 1. The Bertz CT molecular complexity index is 637. The SMILES string of the molecule is COc1ccccc1C(C)N(C)C(=O)c1cc(Br)c(Br)s1. The molecule has 0 spiro atoms. The minimum absolute atomic E-state index is 0.00944. The topological polar surface area (TPSA) is 29.5 Å². The van der Waals surface area contributed by atoms with Gasteiger partial charge in [-0.25, -0.2) is 0 Å². The van der Waals surface area contributed by atoms with Crippen LogP contribution in [0.15, 0.2) is 38.6 Å². The second kappa shape index (κ2) is 6.94. The zero-order chi connectivity index (χ0) is 15.6. The first-order valence-electron chi connectivity index (χ1n) is 6.30. The lowest BCUT2D eigenvalue weighted by Gasteiger charge is -2.26. The van der Waals surface area contributed by atoms with Crippen molar-refractivity contribution in [2.75, 3.05) is 14.2 Å². The standard InChI is InChI=1S/C15H15Br2NO2S/c1-9(10-6-4-5-7-12(10)20-3)18(2)15(19)13-8-11(16)14(17)21-13/h4-9H,1-3H3. The Morgan fingerprint density at radius 2 is 2.00 bits per heavy atom. The number of hydrogen-bond acceptors (Lipinski definition) is 3. The van der Waals surface area contributed by atoms with E-state index in [9.17, 15) is 4.79 Å². The molecular weight excluding hydrogens is 418 g/mol. The molecule has 0 aliphatic carbocycles. The van der Waals surface area contributed by atoms with Crippen molar-refractivity contribution in [1.82, 2.24) is 4.90 Å². The average Bonchev–Trinajstić information content (AvgIpc) is 2.84. The van der Waals surface area contributed by atoms with Gasteiger partial charge in [0.25, 0.3) is 5.91 Å². The van der Waals surface area contributed by atoms with Gasteiger partial charge in [-0.1, -0.05) is 18.2 Å². The molecule has 1 heterocycles. The van der Waals surface area contributed by atoms with Crippen LogP contribution in [0.1, 0.15) is 28.2 Å². The summed E-state index contributed by atoms with van der Waals surface area (Å²) >= 11 is 8.25. The maximum atomic E-state index is 12.6. The normalized spacial score (nSPS) is 12.0. The number of rotatable bonds is 4. The monoisotopic (exact) mass is 431 g/mol. The fourth-order valence-corrected chi connectivity index (χ4v) is 4.04. The smallest absolute Gasteiger partial charge is 0.264 e. The molecule has 0 aliphatic heterocycles. The van der Waals surface area contributed by atoms with E-state index in [4.69, 9.17) is 4.74 Å². The van der Waals surface area contributed by atoms with Gasteiger partial charge in [-0.2, -0.15) is 0 Å². The lowest BCUT2D eigenvalue weighted by molar-refractivity contribution is 0.0746. The van der Waals surface area contributed by atoms with Crippen molar-refractivity contribution in [1.29, 1.82) is 0 Å². The molecule has 3 nitrogen and oxygen atoms in total. The van der Waals surface area contributed by atoms with E-state index in [2.05, 4.69) is 31.9 Å². The first kappa shape index (κ1) is 16.5. The summed E-state index contributed by atoms with van der Waals surface area (Å²) in [5, 5.41) is 0. The number of methoxy groups -OCH3 is 1. The maximum absolute atomic E-state index is 12.6. The van der Waals surface area contributed by atoms with E-state index < -0.39 is 0 Å². The molecule has 21 heavy (non-hydrogen) atoms. The van der Waals surface area contributed by atoms with Crippen LogP contribution in [0.3, 0.4) is 0 Å². The number of nitrogens with zero attached hydrogens (tertiary/aromatic N) is 1. The van der Waals surface area contributed by atoms with Gasteiger partial charge in [0.15, 0.2) is 0 Å². The fraction of sp³-hybridized carbons (Fsp3) is 0.267. The highest BCUT2D eigenvalue weighted by Crippen LogP contribution is 2.35. The Kier molecular flexibility index (Phi) is 5.46. The summed E-state index contributed by atoms with van der Waals surface area (Å²) in [5.74, 6) is 0.781. The molecule has 1 unspecified atom stereocenters. The largest absolute Gasteiger partial charge is 0.496 e. The number of thiophene rings is 1. The van der Waals surface area contributed by atoms with Crippen molar-refractivity contribution in [3.8, 4) is 5.75 Å². The molecule has 6 heteroatoms. The molecule has 0 fully saturated rings. The number of carbonyl (C=O) groups is 1. The van der Waals surface area contributed by atoms with Crippen LogP contribution in [-0.2, 0) is 0 Å². The van der Waals surface area contributed by atoms with Crippen molar-refractivity contribution in [3.63, 3.8) is 0 Å². The maximum Gasteiger partial charge on any atom is 0.264 e. The molecule has 1 atom stereocenters. The van der Waals surface area contributed by atoms with Crippen LogP contribution in [0.25, 0.3) is 0 Å². The van der Waals surface area contributed by atoms with Gasteiger partial charge >= 0.3 is 0 Å². The number of halogens is 2. The Morgan fingerprint density at radius 3 is 2.57 bits per heavy atom. The third kappa shape index (κ3) is 3.49. The van der Waals surface area contributed by atoms with Crippen LogP contribution in [0.4, 0.5) is 0 Å². The molecule has 0 radical (unpaired) electrons. The molecule has 1 aromatic heterocycles. The van der Waals surface area contributed by atoms with Crippen molar-refractivity contribution in [2.24, 2.45) is 0 Å². The first-order chi connectivity index (χ1) is 9.95. The van der Waals surface area contributed by atoms with Gasteiger partial charge in [0.05, 0.1) is 21.8 Å². The first-order valence-corrected chi connectivity index (χ1v) is 8.70. The van der Waals surface area contributed by atoms with Crippen LogP contribution in [-0.4, -0.2) is 25.0 Å². The quantitative estimate of drug-likeness (QED) is 0.671. The predicted octanol–water partition coefficient (Wildman–Crippen LogP) is 5.11. The molecule has 0 N–H and O–H groups in total. The lowest BCUT2D eigenvalue weighted by Crippen LogP contribution is -2.29. The molecular formula is C15H15Br2NO2S. The van der Waals surface area contributed by atoms with Gasteiger partial charge in [-0.05, 0) is 50.9 Å². The minimum atomic E-state index is -0.0756. The van der Waals surface area contributed by atoms with Gasteiger partial charge in [0.2, 0.25) is 0 Å². The Hall–Kier alpha value is -0.850. The summed E-state index contributed by atoms with van der Waals surface area (Å²) in [6.07, 6.45) is 0. The van der Waals surface area contributed by atoms with E-state index in [1.807, 2.05) is 37.3 Å². The number of para-hydroxylation sites is 1. The van der Waals surface area contributed by atoms with Crippen LogP contribution < -0.4 is 4.74 Å². The molecule has 0 aliphatic rings. The number of ether oxygens (including phenoxy) is 1. The molecule has 1 aromatic carbocycles. The highest BCUT2D eigenvalue weighted by Gasteiger charge is 2.23. The van der Waals surface area contributed by atoms with Crippen LogP contribution in [0, 0.1) is 0 Å². The second-order valence-electron chi connectivity index (χ2n) is 4.57. The predicted molar refractivity (Wildman–Crippen MR) is 93.2 cm³/mol. The molecule has 0 saturated carbocycles. The summed E-state index contributed by atoms with van der Waals surface area (Å²) in [4.78, 5) is 15.0. The summed E-state index contributed by atoms with van der Waals surface area (Å²) in [6, 6.07) is 9.52. The number of carbonyl (C=O) groups excluding carboxylic acids is 1. The van der Waals surface area contributed by atoms with Crippen molar-refractivity contribution in [3.05, 3.63) is 49.0 Å². The summed E-state index contributed by atoms with van der Waals surface area (Å²) in [6.45, 7) is 1.99. The summed E-state index contributed by atoms with van der Waals surface area (Å²) in [5.41, 5.74) is 0.991. The third-order valence-corrected chi connectivity index (χ3v) is 6.59. The Balaban J connectivity index is 2.26. The second-order valence-corrected chi connectivity index (χ2v) is 7.79. The van der Waals surface area contributed by atoms with Gasteiger partial charge in [0.1, 0.15) is 5.75 Å². The van der Waals surface area contributed by atoms with E-state index in [1.165, 1.54) is 11.3 Å². The molecule has 1 amide bonds. The highest BCUT2D eigenvalue weighted by atomic mass is 79.9. The molecule has 0 bridgehead atoms. The number of hydrogen-bond donors (Lipinski definition) is 0. The van der Waals surface area contributed by atoms with Crippen LogP contribution >= 0.6 is 43.2 Å². The van der Waals surface area contributed by atoms with E-state index in [1.54, 1.807) is 19.1 Å². The van der Waals surface area contributed by atoms with E-state index in [0.717, 1.165) is 19.6 Å². The van der Waals surface area contributed by atoms with Crippen molar-refractivity contribution < 1.29 is 9.53 Å². The minimum Gasteiger partial charge on any atom is -0.496 e. The molecule has 0 saturated heterocycles. The third-order valence-electron chi connectivity index (χ3n) is 3.35. The lowest BCUT2D eigenvalue weighted by atomic mass is 10.1. The van der Waals surface area contributed by atoms with E-state index >= 15 is 0 Å². The van der Waals surface area contributed by atoms with Crippen LogP contribution in [0.2, 0.25) is 0 Å². The van der Waals surface area contributed by atoms with Gasteiger partial charge in [0, 0.05) is 17.1 Å². The molecule has 2 rings (SSSR count).